The zero-order chi connectivity index (χ0) is 16.7. The first-order valence-electron chi connectivity index (χ1n) is 7.18. The first-order chi connectivity index (χ1) is 10.9. The zero-order valence-electron chi connectivity index (χ0n) is 13.5. The largest absolute Gasteiger partial charge is 0.497 e. The van der Waals surface area contributed by atoms with Crippen molar-refractivity contribution in [3.05, 3.63) is 56.5 Å². The molecule has 0 saturated heterocycles. The van der Waals surface area contributed by atoms with E-state index in [1.54, 1.807) is 25.8 Å². The Labute approximate surface area is 132 Å². The minimum atomic E-state index is -0.378. The standard InChI is InChI=1S/C16H18N4O3/c1-18-12(9-10-5-7-11(23-4)8-6-10)17-14-13(18)15(21)20(3)16(22)19(14)2/h5-8H,9H2,1-4H3. The summed E-state index contributed by atoms with van der Waals surface area (Å²) in [7, 11) is 6.51. The lowest BCUT2D eigenvalue weighted by molar-refractivity contribution is 0.414. The van der Waals surface area contributed by atoms with Gasteiger partial charge in [-0.3, -0.25) is 13.9 Å². The van der Waals surface area contributed by atoms with Crippen molar-refractivity contribution < 1.29 is 4.74 Å². The lowest BCUT2D eigenvalue weighted by atomic mass is 10.1. The van der Waals surface area contributed by atoms with Crippen molar-refractivity contribution in [2.45, 2.75) is 6.42 Å². The minimum Gasteiger partial charge on any atom is -0.497 e. The summed E-state index contributed by atoms with van der Waals surface area (Å²) in [6.07, 6.45) is 0.562. The topological polar surface area (TPSA) is 71.1 Å². The number of methoxy groups -OCH3 is 1. The molecule has 0 spiro atoms. The Morgan fingerprint density at radius 1 is 1.00 bits per heavy atom. The zero-order valence-corrected chi connectivity index (χ0v) is 13.5. The van der Waals surface area contributed by atoms with E-state index in [0.29, 0.717) is 17.6 Å². The van der Waals surface area contributed by atoms with Crippen LogP contribution in [0.2, 0.25) is 0 Å². The lowest BCUT2D eigenvalue weighted by Crippen LogP contribution is -2.37. The van der Waals surface area contributed by atoms with Crippen LogP contribution in [0.25, 0.3) is 11.2 Å². The quantitative estimate of drug-likeness (QED) is 0.708. The molecule has 7 heteroatoms. The molecule has 0 saturated carbocycles. The Morgan fingerprint density at radius 3 is 2.26 bits per heavy atom. The van der Waals surface area contributed by atoms with Crippen LogP contribution in [0.1, 0.15) is 11.4 Å². The molecular formula is C16H18N4O3. The highest BCUT2D eigenvalue weighted by atomic mass is 16.5. The molecule has 0 N–H and O–H groups in total. The number of hydrogen-bond donors (Lipinski definition) is 0. The molecule has 0 amide bonds. The Kier molecular flexibility index (Phi) is 3.55. The van der Waals surface area contributed by atoms with Gasteiger partial charge < -0.3 is 9.30 Å². The Balaban J connectivity index is 2.14. The molecule has 1 aromatic carbocycles. The highest BCUT2D eigenvalue weighted by molar-refractivity contribution is 5.71. The van der Waals surface area contributed by atoms with Gasteiger partial charge in [-0.2, -0.15) is 0 Å². The average molecular weight is 314 g/mol. The van der Waals surface area contributed by atoms with Crippen LogP contribution < -0.4 is 16.0 Å². The van der Waals surface area contributed by atoms with Gasteiger partial charge in [0.05, 0.1) is 7.11 Å². The predicted octanol–water partition coefficient (Wildman–Crippen LogP) is 0.570. The van der Waals surface area contributed by atoms with E-state index in [-0.39, 0.29) is 11.2 Å². The summed E-state index contributed by atoms with van der Waals surface area (Å²) in [6, 6.07) is 7.67. The highest BCUT2D eigenvalue weighted by Gasteiger charge is 2.16. The summed E-state index contributed by atoms with van der Waals surface area (Å²) in [5, 5.41) is 0. The lowest BCUT2D eigenvalue weighted by Gasteiger charge is -2.04. The summed E-state index contributed by atoms with van der Waals surface area (Å²) in [5.41, 5.74) is 1.17. The summed E-state index contributed by atoms with van der Waals surface area (Å²) in [5.74, 6) is 1.51. The maximum atomic E-state index is 12.3. The molecule has 0 aliphatic rings. The number of aromatic nitrogens is 4. The molecule has 7 nitrogen and oxygen atoms in total. The Bertz CT molecular complexity index is 993. The summed E-state index contributed by atoms with van der Waals surface area (Å²) >= 11 is 0. The smallest absolute Gasteiger partial charge is 0.332 e. The monoisotopic (exact) mass is 314 g/mol. The van der Waals surface area contributed by atoms with Crippen LogP contribution in [0, 0.1) is 0 Å². The molecule has 23 heavy (non-hydrogen) atoms. The molecule has 120 valence electrons. The van der Waals surface area contributed by atoms with Crippen LogP contribution in [0.3, 0.4) is 0 Å². The van der Waals surface area contributed by atoms with Crippen molar-refractivity contribution in [2.24, 2.45) is 21.1 Å². The molecule has 0 radical (unpaired) electrons. The van der Waals surface area contributed by atoms with E-state index in [2.05, 4.69) is 4.98 Å². The van der Waals surface area contributed by atoms with Crippen LogP contribution in [0.15, 0.2) is 33.9 Å². The maximum Gasteiger partial charge on any atom is 0.332 e. The predicted molar refractivity (Wildman–Crippen MR) is 87.0 cm³/mol. The molecule has 0 aliphatic carbocycles. The van der Waals surface area contributed by atoms with Crippen LogP contribution in [-0.4, -0.2) is 25.8 Å². The van der Waals surface area contributed by atoms with Crippen LogP contribution in [0.4, 0.5) is 0 Å². The third-order valence-electron chi connectivity index (χ3n) is 4.09. The van der Waals surface area contributed by atoms with Crippen LogP contribution >= 0.6 is 0 Å². The van der Waals surface area contributed by atoms with Gasteiger partial charge in [0.1, 0.15) is 11.6 Å². The van der Waals surface area contributed by atoms with Gasteiger partial charge in [0.15, 0.2) is 11.2 Å². The maximum absolute atomic E-state index is 12.3. The molecule has 3 rings (SSSR count). The number of hydrogen-bond acceptors (Lipinski definition) is 4. The van der Waals surface area contributed by atoms with Gasteiger partial charge in [-0.25, -0.2) is 9.78 Å². The second kappa shape index (κ2) is 5.42. The fourth-order valence-corrected chi connectivity index (χ4v) is 2.65. The van der Waals surface area contributed by atoms with E-state index in [9.17, 15) is 9.59 Å². The number of aryl methyl sites for hydroxylation is 2. The van der Waals surface area contributed by atoms with Gasteiger partial charge in [-0.05, 0) is 17.7 Å². The van der Waals surface area contributed by atoms with Crippen LogP contribution in [0.5, 0.6) is 5.75 Å². The fraction of sp³-hybridized carbons (Fsp3) is 0.312. The molecule has 0 bridgehead atoms. The number of benzene rings is 1. The van der Waals surface area contributed by atoms with E-state index < -0.39 is 0 Å². The van der Waals surface area contributed by atoms with Gasteiger partial charge in [-0.15, -0.1) is 0 Å². The number of rotatable bonds is 3. The molecule has 0 fully saturated rings. The first kappa shape index (κ1) is 15.1. The average Bonchev–Trinajstić information content (AvgIpc) is 2.88. The molecule has 3 aromatic rings. The van der Waals surface area contributed by atoms with E-state index in [1.807, 2.05) is 24.3 Å². The third kappa shape index (κ3) is 2.34. The number of fused-ring (bicyclic) bond motifs is 1. The molecule has 2 heterocycles. The second-order valence-electron chi connectivity index (χ2n) is 5.49. The SMILES string of the molecule is COc1ccc(Cc2nc3c(c(=O)n(C)c(=O)n3C)n2C)cc1. The second-order valence-corrected chi connectivity index (χ2v) is 5.49. The summed E-state index contributed by atoms with van der Waals surface area (Å²) in [4.78, 5) is 28.9. The number of imidazole rings is 1. The van der Waals surface area contributed by atoms with Crippen molar-refractivity contribution in [3.8, 4) is 5.75 Å². The number of ether oxygens (including phenoxy) is 1. The fourth-order valence-electron chi connectivity index (χ4n) is 2.65. The Hall–Kier alpha value is -2.83. The molecule has 0 aliphatic heterocycles. The van der Waals surface area contributed by atoms with E-state index in [0.717, 1.165) is 21.7 Å². The van der Waals surface area contributed by atoms with Gasteiger partial charge in [0, 0.05) is 27.6 Å². The van der Waals surface area contributed by atoms with E-state index >= 15 is 0 Å². The van der Waals surface area contributed by atoms with E-state index in [1.165, 1.54) is 11.6 Å². The minimum absolute atomic E-state index is 0.334. The molecule has 0 unspecified atom stereocenters. The number of nitrogens with zero attached hydrogens (tertiary/aromatic N) is 4. The van der Waals surface area contributed by atoms with Crippen molar-refractivity contribution in [1.29, 1.82) is 0 Å². The normalized spacial score (nSPS) is 11.1. The highest BCUT2D eigenvalue weighted by Crippen LogP contribution is 2.16. The van der Waals surface area contributed by atoms with E-state index in [4.69, 9.17) is 4.74 Å². The third-order valence-corrected chi connectivity index (χ3v) is 4.09. The van der Waals surface area contributed by atoms with Gasteiger partial charge in [-0.1, -0.05) is 12.1 Å². The molecule has 2 aromatic heterocycles. The Morgan fingerprint density at radius 2 is 1.65 bits per heavy atom. The van der Waals surface area contributed by atoms with Crippen molar-refractivity contribution >= 4 is 11.2 Å². The molecule has 0 atom stereocenters. The van der Waals surface area contributed by atoms with Crippen molar-refractivity contribution in [2.75, 3.05) is 7.11 Å². The summed E-state index contributed by atoms with van der Waals surface area (Å²) < 4.78 is 9.39. The van der Waals surface area contributed by atoms with Crippen molar-refractivity contribution in [3.63, 3.8) is 0 Å². The van der Waals surface area contributed by atoms with Crippen LogP contribution in [-0.2, 0) is 27.6 Å². The van der Waals surface area contributed by atoms with Gasteiger partial charge in [0.25, 0.3) is 5.56 Å². The van der Waals surface area contributed by atoms with Crippen molar-refractivity contribution in [1.82, 2.24) is 18.7 Å². The summed E-state index contributed by atoms with van der Waals surface area (Å²) in [6.45, 7) is 0. The van der Waals surface area contributed by atoms with Gasteiger partial charge >= 0.3 is 5.69 Å². The molecular weight excluding hydrogens is 296 g/mol. The first-order valence-corrected chi connectivity index (χ1v) is 7.18. The van der Waals surface area contributed by atoms with Gasteiger partial charge in [0.2, 0.25) is 0 Å².